The van der Waals surface area contributed by atoms with E-state index in [-0.39, 0.29) is 16.2 Å². The number of hydrogen-bond donors (Lipinski definition) is 0. The zero-order valence-electron chi connectivity index (χ0n) is 28.0. The zero-order valence-corrected chi connectivity index (χ0v) is 28.0. The Kier molecular flexibility index (Phi) is 7.36. The zero-order chi connectivity index (χ0) is 31.4. The molecule has 0 spiro atoms. The number of rotatable bonds is 4. The van der Waals surface area contributed by atoms with E-state index in [1.807, 2.05) is 0 Å². The topological polar surface area (TPSA) is 4.93 Å². The first kappa shape index (κ1) is 29.9. The average Bonchev–Trinajstić information content (AvgIpc) is 3.31. The molecule has 224 valence electrons. The molecule has 0 saturated carbocycles. The first-order chi connectivity index (χ1) is 20.7. The predicted octanol–water partition coefficient (Wildman–Crippen LogP) is 11.9. The molecule has 0 radical (unpaired) electrons. The Morgan fingerprint density at radius 1 is 0.500 bits per heavy atom. The first-order valence-corrected chi connectivity index (χ1v) is 16.1. The number of aromatic nitrogens is 1. The van der Waals surface area contributed by atoms with Crippen molar-refractivity contribution in [1.29, 1.82) is 0 Å². The van der Waals surface area contributed by atoms with Gasteiger partial charge in [0.2, 0.25) is 0 Å². The standard InChI is InChI=1S/C43H47N/c1-41(2,3)32-26-29(27-33(28-32)42(4,5)6)25-31-19-16-22-36-38(31)39-37(44(36)34-20-14-11-15-21-34)24-23-35(40(39)43(7,8)9)30-17-12-10-13-18-30/h10-24,26-28H,25H2,1-9H3. The minimum Gasteiger partial charge on any atom is -0.309 e. The molecule has 0 N–H and O–H groups in total. The highest BCUT2D eigenvalue weighted by atomic mass is 15.0. The molecular formula is C43H47N. The van der Waals surface area contributed by atoms with Gasteiger partial charge in [0.15, 0.2) is 0 Å². The largest absolute Gasteiger partial charge is 0.309 e. The van der Waals surface area contributed by atoms with Crippen LogP contribution in [-0.4, -0.2) is 4.57 Å². The Labute approximate surface area is 264 Å². The lowest BCUT2D eigenvalue weighted by Crippen LogP contribution is -2.17. The predicted molar refractivity (Wildman–Crippen MR) is 192 cm³/mol. The third-order valence-corrected chi connectivity index (χ3v) is 9.01. The molecule has 0 aliphatic carbocycles. The number of benzene rings is 5. The summed E-state index contributed by atoms with van der Waals surface area (Å²) in [6.45, 7) is 21.1. The van der Waals surface area contributed by atoms with Crippen molar-refractivity contribution >= 4 is 21.8 Å². The van der Waals surface area contributed by atoms with E-state index in [1.54, 1.807) is 0 Å². The summed E-state index contributed by atoms with van der Waals surface area (Å²) in [5.74, 6) is 0. The summed E-state index contributed by atoms with van der Waals surface area (Å²) in [4.78, 5) is 0. The fourth-order valence-electron chi connectivity index (χ4n) is 6.74. The molecule has 0 aliphatic heterocycles. The fourth-order valence-corrected chi connectivity index (χ4v) is 6.74. The molecule has 6 aromatic rings. The van der Waals surface area contributed by atoms with E-state index >= 15 is 0 Å². The van der Waals surface area contributed by atoms with Crippen LogP contribution in [0.1, 0.15) is 90.1 Å². The number of nitrogens with zero attached hydrogens (tertiary/aromatic N) is 1. The van der Waals surface area contributed by atoms with Gasteiger partial charge < -0.3 is 4.57 Å². The molecule has 1 nitrogen and oxygen atoms in total. The van der Waals surface area contributed by atoms with Crippen molar-refractivity contribution < 1.29 is 0 Å². The third-order valence-electron chi connectivity index (χ3n) is 9.01. The fraction of sp³-hybridized carbons (Fsp3) is 0.302. The summed E-state index contributed by atoms with van der Waals surface area (Å²) in [5.41, 5.74) is 13.4. The molecule has 44 heavy (non-hydrogen) atoms. The van der Waals surface area contributed by atoms with E-state index in [2.05, 4.69) is 176 Å². The number of fused-ring (bicyclic) bond motifs is 3. The van der Waals surface area contributed by atoms with Crippen LogP contribution in [0.2, 0.25) is 0 Å². The monoisotopic (exact) mass is 577 g/mol. The van der Waals surface area contributed by atoms with Crippen molar-refractivity contribution in [1.82, 2.24) is 4.57 Å². The first-order valence-electron chi connectivity index (χ1n) is 16.1. The average molecular weight is 578 g/mol. The van der Waals surface area contributed by atoms with Gasteiger partial charge in [-0.2, -0.15) is 0 Å². The highest BCUT2D eigenvalue weighted by molar-refractivity contribution is 6.14. The molecule has 0 bridgehead atoms. The molecule has 0 unspecified atom stereocenters. The second kappa shape index (κ2) is 10.8. The minimum atomic E-state index is -0.0703. The van der Waals surface area contributed by atoms with Crippen LogP contribution in [0.5, 0.6) is 0 Å². The van der Waals surface area contributed by atoms with Crippen LogP contribution in [0.25, 0.3) is 38.6 Å². The lowest BCUT2D eigenvalue weighted by Gasteiger charge is -2.26. The molecule has 0 aliphatic rings. The van der Waals surface area contributed by atoms with E-state index in [0.717, 1.165) is 6.42 Å². The quantitative estimate of drug-likeness (QED) is 0.196. The smallest absolute Gasteiger partial charge is 0.0544 e. The van der Waals surface area contributed by atoms with E-state index < -0.39 is 0 Å². The Hall–Kier alpha value is -4.10. The van der Waals surface area contributed by atoms with Crippen LogP contribution in [0, 0.1) is 0 Å². The van der Waals surface area contributed by atoms with Gasteiger partial charge in [0, 0.05) is 16.5 Å². The number of hydrogen-bond acceptors (Lipinski definition) is 0. The van der Waals surface area contributed by atoms with Gasteiger partial charge in [-0.25, -0.2) is 0 Å². The van der Waals surface area contributed by atoms with Gasteiger partial charge in [-0.05, 0) is 85.9 Å². The Bertz CT molecular complexity index is 1920. The normalized spacial score (nSPS) is 12.8. The summed E-state index contributed by atoms with van der Waals surface area (Å²) in [6, 6.07) is 40.7. The Balaban J connectivity index is 1.72. The van der Waals surface area contributed by atoms with Gasteiger partial charge in [0.1, 0.15) is 0 Å². The second-order valence-electron chi connectivity index (χ2n) is 15.6. The maximum absolute atomic E-state index is 2.48. The van der Waals surface area contributed by atoms with Crippen LogP contribution in [0.3, 0.4) is 0 Å². The van der Waals surface area contributed by atoms with E-state index in [0.29, 0.717) is 0 Å². The third kappa shape index (κ3) is 5.50. The molecule has 0 fully saturated rings. The Morgan fingerprint density at radius 3 is 1.64 bits per heavy atom. The molecule has 1 heteroatoms. The molecule has 0 saturated heterocycles. The van der Waals surface area contributed by atoms with Crippen molar-refractivity contribution in [3.05, 3.63) is 137 Å². The van der Waals surface area contributed by atoms with Crippen LogP contribution in [-0.2, 0) is 22.7 Å². The van der Waals surface area contributed by atoms with Crippen molar-refractivity contribution in [2.75, 3.05) is 0 Å². The second-order valence-corrected chi connectivity index (χ2v) is 15.6. The lowest BCUT2D eigenvalue weighted by atomic mass is 9.78. The summed E-state index contributed by atoms with van der Waals surface area (Å²) in [6.07, 6.45) is 0.886. The summed E-state index contributed by atoms with van der Waals surface area (Å²) < 4.78 is 2.48. The van der Waals surface area contributed by atoms with Crippen molar-refractivity contribution in [2.24, 2.45) is 0 Å². The van der Waals surface area contributed by atoms with Gasteiger partial charge >= 0.3 is 0 Å². The van der Waals surface area contributed by atoms with Crippen molar-refractivity contribution in [3.63, 3.8) is 0 Å². The van der Waals surface area contributed by atoms with Gasteiger partial charge in [-0.3, -0.25) is 0 Å². The molecule has 1 aromatic heterocycles. The van der Waals surface area contributed by atoms with Crippen LogP contribution < -0.4 is 0 Å². The summed E-state index contributed by atoms with van der Waals surface area (Å²) in [5, 5.41) is 2.74. The molecule has 1 heterocycles. The lowest BCUT2D eigenvalue weighted by molar-refractivity contribution is 0.567. The molecule has 0 atom stereocenters. The highest BCUT2D eigenvalue weighted by Gasteiger charge is 2.27. The van der Waals surface area contributed by atoms with E-state index in [1.165, 1.54) is 66.4 Å². The van der Waals surface area contributed by atoms with Crippen LogP contribution >= 0.6 is 0 Å². The van der Waals surface area contributed by atoms with Gasteiger partial charge in [0.25, 0.3) is 0 Å². The van der Waals surface area contributed by atoms with Gasteiger partial charge in [-0.1, -0.05) is 147 Å². The van der Waals surface area contributed by atoms with Gasteiger partial charge in [0.05, 0.1) is 11.0 Å². The maximum Gasteiger partial charge on any atom is 0.0544 e. The van der Waals surface area contributed by atoms with E-state index in [4.69, 9.17) is 0 Å². The molecule has 6 rings (SSSR count). The number of para-hydroxylation sites is 1. The maximum atomic E-state index is 2.48. The Morgan fingerprint density at radius 2 is 1.07 bits per heavy atom. The van der Waals surface area contributed by atoms with E-state index in [9.17, 15) is 0 Å². The SMILES string of the molecule is CC(C)(C)c1cc(Cc2cccc3c2c2c(C(C)(C)C)c(-c4ccccc4)ccc2n3-c2ccccc2)cc(C(C)(C)C)c1. The summed E-state index contributed by atoms with van der Waals surface area (Å²) >= 11 is 0. The van der Waals surface area contributed by atoms with Crippen molar-refractivity contribution in [2.45, 2.75) is 85.0 Å². The molecule has 5 aromatic carbocycles. The minimum absolute atomic E-state index is 0.0703. The van der Waals surface area contributed by atoms with Crippen LogP contribution in [0.4, 0.5) is 0 Å². The summed E-state index contributed by atoms with van der Waals surface area (Å²) in [7, 11) is 0. The van der Waals surface area contributed by atoms with Gasteiger partial charge in [-0.15, -0.1) is 0 Å². The van der Waals surface area contributed by atoms with Crippen molar-refractivity contribution in [3.8, 4) is 16.8 Å². The highest BCUT2D eigenvalue weighted by Crippen LogP contribution is 2.45. The van der Waals surface area contributed by atoms with Crippen LogP contribution in [0.15, 0.2) is 109 Å². The molecule has 0 amide bonds. The molecular weight excluding hydrogens is 530 g/mol.